The molecule has 0 amide bonds. The smallest absolute Gasteiger partial charge is 0.211 e. The zero-order valence-corrected chi connectivity index (χ0v) is 12.3. The van der Waals surface area contributed by atoms with Gasteiger partial charge in [-0.2, -0.15) is 0 Å². The maximum atomic E-state index is 11.9. The Balaban J connectivity index is 2.44. The van der Waals surface area contributed by atoms with Gasteiger partial charge < -0.3 is 5.11 Å². The van der Waals surface area contributed by atoms with Crippen LogP contribution < -0.4 is 4.72 Å². The van der Waals surface area contributed by atoms with Crippen molar-refractivity contribution in [3.63, 3.8) is 0 Å². The van der Waals surface area contributed by atoms with E-state index in [9.17, 15) is 8.42 Å². The fraction of sp³-hybridized carbons (Fsp3) is 0.615. The Labute approximate surface area is 115 Å². The number of aliphatic hydroxyl groups excluding tert-OH is 1. The Hall–Kier alpha value is -0.980. The Kier molecular flexibility index (Phi) is 5.90. The van der Waals surface area contributed by atoms with Crippen molar-refractivity contribution >= 4 is 10.0 Å². The number of aryl methyl sites for hydroxylation is 1. The van der Waals surface area contributed by atoms with Crippen LogP contribution in [0.1, 0.15) is 26.0 Å². The van der Waals surface area contributed by atoms with Crippen molar-refractivity contribution in [2.75, 3.05) is 18.9 Å². The van der Waals surface area contributed by atoms with Crippen LogP contribution in [-0.2, 0) is 16.4 Å². The van der Waals surface area contributed by atoms with Crippen LogP contribution in [0.25, 0.3) is 0 Å². The van der Waals surface area contributed by atoms with Crippen LogP contribution in [0.2, 0.25) is 0 Å². The maximum absolute atomic E-state index is 11.9. The molecule has 0 fully saturated rings. The van der Waals surface area contributed by atoms with Gasteiger partial charge in [-0.05, 0) is 24.0 Å². The minimum atomic E-state index is -3.30. The third-order valence-electron chi connectivity index (χ3n) is 2.91. The van der Waals surface area contributed by atoms with E-state index < -0.39 is 10.0 Å². The minimum absolute atomic E-state index is 0.0270. The van der Waals surface area contributed by atoms with Crippen molar-refractivity contribution in [2.24, 2.45) is 5.41 Å². The molecule has 1 aromatic heterocycles. The monoisotopic (exact) mass is 286 g/mol. The van der Waals surface area contributed by atoms with E-state index in [2.05, 4.69) is 9.71 Å². The van der Waals surface area contributed by atoms with E-state index in [-0.39, 0.29) is 17.8 Å². The maximum Gasteiger partial charge on any atom is 0.211 e. The molecule has 0 radical (unpaired) electrons. The lowest BCUT2D eigenvalue weighted by molar-refractivity contribution is 0.213. The van der Waals surface area contributed by atoms with E-state index in [1.54, 1.807) is 12.3 Å². The largest absolute Gasteiger partial charge is 0.396 e. The number of rotatable bonds is 8. The summed E-state index contributed by atoms with van der Waals surface area (Å²) in [4.78, 5) is 4.09. The number of pyridine rings is 1. The molecular weight excluding hydrogens is 264 g/mol. The number of hydrogen-bond acceptors (Lipinski definition) is 4. The molecule has 1 aromatic rings. The molecule has 0 saturated heterocycles. The molecule has 6 heteroatoms. The van der Waals surface area contributed by atoms with Crippen LogP contribution in [0.3, 0.4) is 0 Å². The number of nitrogens with zero attached hydrogens (tertiary/aromatic N) is 1. The van der Waals surface area contributed by atoms with Gasteiger partial charge in [0.1, 0.15) is 0 Å². The van der Waals surface area contributed by atoms with E-state index in [4.69, 9.17) is 5.11 Å². The molecule has 1 rings (SSSR count). The minimum Gasteiger partial charge on any atom is -0.396 e. The number of aliphatic hydroxyl groups is 1. The lowest BCUT2D eigenvalue weighted by atomic mass is 9.90. The number of sulfonamides is 1. The second-order valence-corrected chi connectivity index (χ2v) is 7.28. The fourth-order valence-corrected chi connectivity index (χ4v) is 2.79. The Morgan fingerprint density at radius 2 is 2.11 bits per heavy atom. The van der Waals surface area contributed by atoms with Gasteiger partial charge in [0, 0.05) is 31.5 Å². The molecule has 19 heavy (non-hydrogen) atoms. The van der Waals surface area contributed by atoms with Gasteiger partial charge in [-0.1, -0.05) is 19.9 Å². The molecule has 0 aliphatic rings. The molecule has 108 valence electrons. The van der Waals surface area contributed by atoms with E-state index in [1.165, 1.54) is 0 Å². The van der Waals surface area contributed by atoms with E-state index in [0.717, 1.165) is 5.69 Å². The number of nitrogens with one attached hydrogen (secondary N) is 1. The highest BCUT2D eigenvalue weighted by molar-refractivity contribution is 7.89. The highest BCUT2D eigenvalue weighted by Gasteiger charge is 2.20. The molecule has 0 aromatic carbocycles. The summed E-state index contributed by atoms with van der Waals surface area (Å²) in [5, 5.41) is 8.90. The SMILES string of the molecule is CC(C)(CCO)CNS(=O)(=O)CCc1ccccn1. The van der Waals surface area contributed by atoms with Gasteiger partial charge in [0.15, 0.2) is 0 Å². The van der Waals surface area contributed by atoms with Crippen molar-refractivity contribution in [1.82, 2.24) is 9.71 Å². The lowest BCUT2D eigenvalue weighted by Crippen LogP contribution is -2.36. The van der Waals surface area contributed by atoms with Gasteiger partial charge in [0.05, 0.1) is 5.75 Å². The lowest BCUT2D eigenvalue weighted by Gasteiger charge is -2.23. The van der Waals surface area contributed by atoms with Crippen molar-refractivity contribution in [1.29, 1.82) is 0 Å². The number of hydrogen-bond donors (Lipinski definition) is 2. The highest BCUT2D eigenvalue weighted by Crippen LogP contribution is 2.18. The zero-order valence-electron chi connectivity index (χ0n) is 11.5. The Morgan fingerprint density at radius 3 is 2.68 bits per heavy atom. The average molecular weight is 286 g/mol. The molecule has 0 unspecified atom stereocenters. The first-order valence-electron chi connectivity index (χ1n) is 6.33. The Bertz CT molecular complexity index is 472. The van der Waals surface area contributed by atoms with Crippen molar-refractivity contribution in [2.45, 2.75) is 26.7 Å². The van der Waals surface area contributed by atoms with Gasteiger partial charge in [-0.25, -0.2) is 13.1 Å². The van der Waals surface area contributed by atoms with Gasteiger partial charge in [0.2, 0.25) is 10.0 Å². The predicted octanol–water partition coefficient (Wildman–Crippen LogP) is 0.952. The predicted molar refractivity (Wildman–Crippen MR) is 75.2 cm³/mol. The van der Waals surface area contributed by atoms with Crippen LogP contribution in [0.15, 0.2) is 24.4 Å². The molecule has 0 saturated carbocycles. The highest BCUT2D eigenvalue weighted by atomic mass is 32.2. The summed E-state index contributed by atoms with van der Waals surface area (Å²) in [6.07, 6.45) is 2.62. The molecular formula is C13H22N2O3S. The first-order valence-corrected chi connectivity index (χ1v) is 7.98. The first-order chi connectivity index (χ1) is 8.85. The van der Waals surface area contributed by atoms with E-state index in [1.807, 2.05) is 26.0 Å². The first kappa shape index (κ1) is 16.1. The van der Waals surface area contributed by atoms with Crippen LogP contribution in [0.5, 0.6) is 0 Å². The summed E-state index contributed by atoms with van der Waals surface area (Å²) in [7, 11) is -3.30. The average Bonchev–Trinajstić information content (AvgIpc) is 2.36. The van der Waals surface area contributed by atoms with Gasteiger partial charge in [-0.15, -0.1) is 0 Å². The Morgan fingerprint density at radius 1 is 1.37 bits per heavy atom. The van der Waals surface area contributed by atoms with E-state index in [0.29, 0.717) is 19.4 Å². The standard InChI is InChI=1S/C13H22N2O3S/c1-13(2,7-9-16)11-15-19(17,18)10-6-12-5-3-4-8-14-12/h3-5,8,15-16H,6-7,9-11H2,1-2H3. The second-order valence-electron chi connectivity index (χ2n) is 5.35. The van der Waals surface area contributed by atoms with Crippen molar-refractivity contribution < 1.29 is 13.5 Å². The zero-order chi connectivity index (χ0) is 14.4. The molecule has 0 spiro atoms. The molecule has 0 bridgehead atoms. The molecule has 0 atom stereocenters. The summed E-state index contributed by atoms with van der Waals surface area (Å²) in [5.41, 5.74) is 0.523. The van der Waals surface area contributed by atoms with Crippen molar-refractivity contribution in [3.8, 4) is 0 Å². The van der Waals surface area contributed by atoms with Crippen molar-refractivity contribution in [3.05, 3.63) is 30.1 Å². The molecule has 0 aliphatic carbocycles. The van der Waals surface area contributed by atoms with Crippen LogP contribution >= 0.6 is 0 Å². The molecule has 5 nitrogen and oxygen atoms in total. The second kappa shape index (κ2) is 6.98. The molecule has 1 heterocycles. The normalized spacial score (nSPS) is 12.6. The van der Waals surface area contributed by atoms with E-state index >= 15 is 0 Å². The molecule has 2 N–H and O–H groups in total. The van der Waals surface area contributed by atoms with Crippen LogP contribution in [-0.4, -0.2) is 37.4 Å². The summed E-state index contributed by atoms with van der Waals surface area (Å²) in [5.74, 6) is 0.0270. The number of aromatic nitrogens is 1. The summed E-state index contributed by atoms with van der Waals surface area (Å²) in [6, 6.07) is 5.45. The summed E-state index contributed by atoms with van der Waals surface area (Å²) >= 11 is 0. The quantitative estimate of drug-likeness (QED) is 0.746. The van der Waals surface area contributed by atoms with Crippen LogP contribution in [0.4, 0.5) is 0 Å². The fourth-order valence-electron chi connectivity index (χ4n) is 1.55. The third kappa shape index (κ3) is 6.66. The third-order valence-corrected chi connectivity index (χ3v) is 4.24. The summed E-state index contributed by atoms with van der Waals surface area (Å²) < 4.78 is 26.3. The van der Waals surface area contributed by atoms with Crippen LogP contribution in [0, 0.1) is 5.41 Å². The van der Waals surface area contributed by atoms with Gasteiger partial charge in [0.25, 0.3) is 0 Å². The summed E-state index contributed by atoms with van der Waals surface area (Å²) in [6.45, 7) is 4.23. The molecule has 0 aliphatic heterocycles. The van der Waals surface area contributed by atoms with Gasteiger partial charge >= 0.3 is 0 Å². The van der Waals surface area contributed by atoms with Gasteiger partial charge in [-0.3, -0.25) is 4.98 Å². The topological polar surface area (TPSA) is 79.3 Å².